The van der Waals surface area contributed by atoms with E-state index >= 15 is 0 Å². The monoisotopic (exact) mass is 480 g/mol. The van der Waals surface area contributed by atoms with E-state index in [9.17, 15) is 14.4 Å². The van der Waals surface area contributed by atoms with Crippen LogP contribution in [0.25, 0.3) is 11.1 Å². The third-order valence-electron chi connectivity index (χ3n) is 6.78. The summed E-state index contributed by atoms with van der Waals surface area (Å²) in [6.07, 6.45) is 0.914. The van der Waals surface area contributed by atoms with Crippen LogP contribution in [-0.4, -0.2) is 55.5 Å². The number of carbonyl (C=O) groups is 3. The van der Waals surface area contributed by atoms with Crippen LogP contribution in [0.2, 0.25) is 0 Å². The number of nitrogens with one attached hydrogen (secondary N) is 2. The maximum atomic E-state index is 12.7. The number of hydrogen-bond donors (Lipinski definition) is 3. The number of alkyl carbamates (subject to hydrolysis) is 1. The zero-order valence-corrected chi connectivity index (χ0v) is 19.9. The van der Waals surface area contributed by atoms with Crippen LogP contribution in [0, 0.1) is 11.8 Å². The second-order valence-electron chi connectivity index (χ2n) is 9.16. The van der Waals surface area contributed by atoms with E-state index in [1.54, 1.807) is 0 Å². The Kier molecular flexibility index (Phi) is 8.02. The lowest BCUT2D eigenvalue weighted by molar-refractivity contribution is -0.141. The van der Waals surface area contributed by atoms with Crippen molar-refractivity contribution >= 4 is 18.0 Å². The number of benzene rings is 2. The van der Waals surface area contributed by atoms with Crippen LogP contribution < -0.4 is 10.6 Å². The molecule has 2 aromatic rings. The SMILES string of the molecule is CCCC(CNC(=O)OCC1c2ccccc2-c2ccccc21)C(=O)NC[C@@H]1C[C@H](C(=O)O)CO1. The molecule has 2 aliphatic rings. The van der Waals surface area contributed by atoms with Crippen molar-refractivity contribution in [1.82, 2.24) is 10.6 Å². The lowest BCUT2D eigenvalue weighted by Crippen LogP contribution is -2.41. The number of carbonyl (C=O) groups excluding carboxylic acids is 2. The summed E-state index contributed by atoms with van der Waals surface area (Å²) in [5.41, 5.74) is 4.61. The summed E-state index contributed by atoms with van der Waals surface area (Å²) in [6.45, 7) is 2.78. The Balaban J connectivity index is 1.26. The number of amides is 2. The Morgan fingerprint density at radius 3 is 2.31 bits per heavy atom. The van der Waals surface area contributed by atoms with Crippen LogP contribution in [0.4, 0.5) is 4.79 Å². The number of hydrogen-bond acceptors (Lipinski definition) is 5. The molecule has 0 radical (unpaired) electrons. The van der Waals surface area contributed by atoms with Gasteiger partial charge in [0.25, 0.3) is 0 Å². The molecule has 35 heavy (non-hydrogen) atoms. The van der Waals surface area contributed by atoms with Gasteiger partial charge in [0.2, 0.25) is 5.91 Å². The van der Waals surface area contributed by atoms with Crippen molar-refractivity contribution in [3.05, 3.63) is 59.7 Å². The molecule has 3 N–H and O–H groups in total. The predicted molar refractivity (Wildman–Crippen MR) is 130 cm³/mol. The van der Waals surface area contributed by atoms with Gasteiger partial charge in [0, 0.05) is 19.0 Å². The fourth-order valence-electron chi connectivity index (χ4n) is 4.91. The van der Waals surface area contributed by atoms with E-state index in [0.29, 0.717) is 12.8 Å². The zero-order chi connectivity index (χ0) is 24.8. The first-order chi connectivity index (χ1) is 17.0. The average Bonchev–Trinajstić information content (AvgIpc) is 3.47. The van der Waals surface area contributed by atoms with Crippen LogP contribution in [0.5, 0.6) is 0 Å². The molecule has 0 spiro atoms. The summed E-state index contributed by atoms with van der Waals surface area (Å²) in [5.74, 6) is -2.03. The van der Waals surface area contributed by atoms with E-state index in [4.69, 9.17) is 14.6 Å². The summed E-state index contributed by atoms with van der Waals surface area (Å²) >= 11 is 0. The van der Waals surface area contributed by atoms with Crippen LogP contribution >= 0.6 is 0 Å². The minimum Gasteiger partial charge on any atom is -0.481 e. The Morgan fingerprint density at radius 1 is 1.06 bits per heavy atom. The molecule has 8 heteroatoms. The Labute approximate surface area is 205 Å². The third kappa shape index (κ3) is 5.82. The molecule has 3 atom stereocenters. The first-order valence-electron chi connectivity index (χ1n) is 12.2. The van der Waals surface area contributed by atoms with Gasteiger partial charge < -0.3 is 25.2 Å². The van der Waals surface area contributed by atoms with Crippen molar-refractivity contribution < 1.29 is 29.0 Å². The summed E-state index contributed by atoms with van der Waals surface area (Å²) in [4.78, 5) is 36.2. The Bertz CT molecular complexity index is 1030. The van der Waals surface area contributed by atoms with Crippen molar-refractivity contribution in [1.29, 1.82) is 0 Å². The highest BCUT2D eigenvalue weighted by Gasteiger charge is 2.32. The molecule has 1 heterocycles. The Hall–Kier alpha value is -3.39. The van der Waals surface area contributed by atoms with E-state index in [1.807, 2.05) is 31.2 Å². The smallest absolute Gasteiger partial charge is 0.407 e. The van der Waals surface area contributed by atoms with Crippen LogP contribution in [0.15, 0.2) is 48.5 Å². The van der Waals surface area contributed by atoms with E-state index in [1.165, 1.54) is 0 Å². The van der Waals surface area contributed by atoms with Crippen LogP contribution in [0.3, 0.4) is 0 Å². The van der Waals surface area contributed by atoms with Crippen LogP contribution in [0.1, 0.15) is 43.2 Å². The molecule has 0 aromatic heterocycles. The highest BCUT2D eigenvalue weighted by atomic mass is 16.5. The highest BCUT2D eigenvalue weighted by molar-refractivity contribution is 5.80. The lowest BCUT2D eigenvalue weighted by Gasteiger charge is -2.19. The maximum absolute atomic E-state index is 12.7. The predicted octanol–water partition coefficient (Wildman–Crippen LogP) is 3.55. The van der Waals surface area contributed by atoms with E-state index in [2.05, 4.69) is 34.9 Å². The summed E-state index contributed by atoms with van der Waals surface area (Å²) in [6, 6.07) is 16.3. The second kappa shape index (κ2) is 11.4. The normalized spacial score (nSPS) is 19.5. The van der Waals surface area contributed by atoms with Gasteiger partial charge in [-0.1, -0.05) is 61.9 Å². The van der Waals surface area contributed by atoms with Gasteiger partial charge in [-0.25, -0.2) is 4.79 Å². The molecule has 1 aliphatic carbocycles. The summed E-state index contributed by atoms with van der Waals surface area (Å²) in [5, 5.41) is 14.7. The fourth-order valence-corrected chi connectivity index (χ4v) is 4.91. The number of carboxylic acids is 1. The van der Waals surface area contributed by atoms with E-state index in [-0.39, 0.29) is 44.2 Å². The van der Waals surface area contributed by atoms with Crippen LogP contribution in [-0.2, 0) is 19.1 Å². The summed E-state index contributed by atoms with van der Waals surface area (Å²) < 4.78 is 11.0. The standard InChI is InChI=1S/C27H32N2O6/c1-2-7-17(25(30)28-14-19-12-18(15-34-19)26(31)32)13-29-27(33)35-16-24-22-10-5-3-8-20(22)21-9-4-6-11-23(21)24/h3-6,8-11,17-19,24H,2,7,12-16H2,1H3,(H,28,30)(H,29,33)(H,31,32)/t17?,18-,19-/m0/s1. The molecular weight excluding hydrogens is 448 g/mol. The quantitative estimate of drug-likeness (QED) is 0.479. The molecular formula is C27H32N2O6. The molecule has 1 saturated heterocycles. The first-order valence-corrected chi connectivity index (χ1v) is 12.2. The number of fused-ring (bicyclic) bond motifs is 3. The van der Waals surface area contributed by atoms with Gasteiger partial charge >= 0.3 is 12.1 Å². The van der Waals surface area contributed by atoms with Gasteiger partial charge in [-0.2, -0.15) is 0 Å². The van der Waals surface area contributed by atoms with Crippen molar-refractivity contribution in [2.24, 2.45) is 11.8 Å². The van der Waals surface area contributed by atoms with Crippen molar-refractivity contribution in [2.75, 3.05) is 26.3 Å². The molecule has 8 nitrogen and oxygen atoms in total. The van der Waals surface area contributed by atoms with Gasteiger partial charge in [-0.05, 0) is 35.1 Å². The third-order valence-corrected chi connectivity index (χ3v) is 6.78. The van der Waals surface area contributed by atoms with Crippen molar-refractivity contribution in [3.63, 3.8) is 0 Å². The lowest BCUT2D eigenvalue weighted by atomic mass is 9.98. The maximum Gasteiger partial charge on any atom is 0.407 e. The van der Waals surface area contributed by atoms with Gasteiger partial charge in [0.1, 0.15) is 6.61 Å². The molecule has 186 valence electrons. The van der Waals surface area contributed by atoms with Crippen molar-refractivity contribution in [2.45, 2.75) is 38.2 Å². The molecule has 2 aromatic carbocycles. The van der Waals surface area contributed by atoms with Gasteiger partial charge in [0.15, 0.2) is 0 Å². The topological polar surface area (TPSA) is 114 Å². The number of rotatable bonds is 10. The van der Waals surface area contributed by atoms with E-state index < -0.39 is 23.9 Å². The highest BCUT2D eigenvalue weighted by Crippen LogP contribution is 2.44. The number of carboxylic acid groups (broad SMARTS) is 1. The second-order valence-corrected chi connectivity index (χ2v) is 9.16. The fraction of sp³-hybridized carbons (Fsp3) is 0.444. The molecule has 0 saturated carbocycles. The molecule has 4 rings (SSSR count). The van der Waals surface area contributed by atoms with Gasteiger partial charge in [-0.15, -0.1) is 0 Å². The Morgan fingerprint density at radius 2 is 1.71 bits per heavy atom. The minimum atomic E-state index is -0.880. The minimum absolute atomic E-state index is 0.0241. The first kappa shape index (κ1) is 24.7. The van der Waals surface area contributed by atoms with Gasteiger partial charge in [0.05, 0.1) is 24.5 Å². The molecule has 2 amide bonds. The average molecular weight is 481 g/mol. The summed E-state index contributed by atoms with van der Waals surface area (Å²) in [7, 11) is 0. The van der Waals surface area contributed by atoms with E-state index in [0.717, 1.165) is 28.7 Å². The molecule has 1 aliphatic heterocycles. The number of ether oxygens (including phenoxy) is 2. The largest absolute Gasteiger partial charge is 0.481 e. The van der Waals surface area contributed by atoms with Crippen molar-refractivity contribution in [3.8, 4) is 11.1 Å². The molecule has 1 fully saturated rings. The van der Waals surface area contributed by atoms with Gasteiger partial charge in [-0.3, -0.25) is 9.59 Å². The number of aliphatic carboxylic acids is 1. The molecule has 0 bridgehead atoms. The molecule has 1 unspecified atom stereocenters. The zero-order valence-electron chi connectivity index (χ0n) is 19.9.